The molecule has 0 bridgehead atoms. The Morgan fingerprint density at radius 1 is 1.29 bits per heavy atom. The van der Waals surface area contributed by atoms with E-state index in [0.717, 1.165) is 0 Å². The summed E-state index contributed by atoms with van der Waals surface area (Å²) in [7, 11) is 0. The van der Waals surface area contributed by atoms with E-state index in [-0.39, 0.29) is 24.4 Å². The minimum atomic E-state index is -1.97. The summed E-state index contributed by atoms with van der Waals surface area (Å²) < 4.78 is 28.9. The Kier molecular flexibility index (Phi) is 6.74. The van der Waals surface area contributed by atoms with Gasteiger partial charge < -0.3 is 29.4 Å². The van der Waals surface area contributed by atoms with E-state index in [9.17, 15) is 19.6 Å². The quantitative estimate of drug-likeness (QED) is 0.485. The number of nitrogen functional groups attached to an aromatic ring is 1. The highest BCUT2D eigenvalue weighted by Crippen LogP contribution is 2.44. The maximum absolute atomic E-state index is 12.6. The summed E-state index contributed by atoms with van der Waals surface area (Å²) in [5.74, 6) is -0.992. The zero-order chi connectivity index (χ0) is 25.2. The van der Waals surface area contributed by atoms with Gasteiger partial charge in [0.15, 0.2) is 18.0 Å². The molecule has 35 heavy (non-hydrogen) atoms. The van der Waals surface area contributed by atoms with Gasteiger partial charge in [0.25, 0.3) is 0 Å². The van der Waals surface area contributed by atoms with Gasteiger partial charge in [-0.25, -0.2) is 14.3 Å². The molecule has 13 heteroatoms. The Hall–Kier alpha value is -3.92. The number of hydrogen-bond donors (Lipinski definition) is 1. The Morgan fingerprint density at radius 3 is 2.69 bits per heavy atom. The lowest BCUT2D eigenvalue weighted by molar-refractivity contribution is -0.171. The minimum absolute atomic E-state index is 0.0455. The molecule has 2 aromatic rings. The number of ether oxygens (including phenoxy) is 5. The minimum Gasteiger partial charge on any atom is -0.455 e. The van der Waals surface area contributed by atoms with Gasteiger partial charge in [0.05, 0.1) is 11.8 Å². The average molecular weight is 487 g/mol. The third-order valence-electron chi connectivity index (χ3n) is 5.67. The maximum Gasteiger partial charge on any atom is 0.508 e. The molecule has 0 amide bonds. The van der Waals surface area contributed by atoms with Gasteiger partial charge in [-0.15, -0.1) is 0 Å². The number of carbonyl (C=O) groups excluding carboxylic acids is 3. The van der Waals surface area contributed by atoms with Crippen LogP contribution < -0.4 is 5.73 Å². The smallest absolute Gasteiger partial charge is 0.455 e. The molecule has 2 N–H and O–H groups in total. The normalized spacial score (nSPS) is 27.0. The largest absolute Gasteiger partial charge is 0.508 e. The van der Waals surface area contributed by atoms with E-state index < -0.39 is 54.7 Å². The summed E-state index contributed by atoms with van der Waals surface area (Å²) in [6.45, 7) is 2.87. The molecule has 2 aliphatic heterocycles. The molecule has 2 aliphatic rings. The van der Waals surface area contributed by atoms with Crippen LogP contribution in [0.5, 0.6) is 0 Å². The lowest BCUT2D eigenvalue weighted by Gasteiger charge is -2.29. The van der Waals surface area contributed by atoms with Gasteiger partial charge >= 0.3 is 18.1 Å². The Morgan fingerprint density at radius 2 is 2.00 bits per heavy atom. The van der Waals surface area contributed by atoms with Crippen molar-refractivity contribution in [1.29, 1.82) is 5.26 Å². The molecule has 0 aliphatic carbocycles. The second-order valence-corrected chi connectivity index (χ2v) is 8.46. The van der Waals surface area contributed by atoms with Crippen LogP contribution in [0.3, 0.4) is 0 Å². The molecule has 0 radical (unpaired) electrons. The van der Waals surface area contributed by atoms with E-state index in [1.807, 2.05) is 0 Å². The number of nitrogens with zero attached hydrogens (tertiary/aromatic N) is 4. The van der Waals surface area contributed by atoms with E-state index in [2.05, 4.69) is 16.2 Å². The number of aromatic nitrogens is 3. The predicted octanol–water partition coefficient (Wildman–Crippen LogP) is 1.39. The van der Waals surface area contributed by atoms with Gasteiger partial charge in [-0.05, 0) is 38.8 Å². The van der Waals surface area contributed by atoms with Crippen molar-refractivity contribution in [2.45, 2.75) is 69.5 Å². The standard InChI is InChI=1S/C22H25N5O8/c1-12(2)32-21(30)31-9-14-18-19(34-17(29)6-4-3-5-16(28)33-18)22(10-23,35-14)15-8-7-13-20(24)25-11-26-27(13)15/h7-8,11-12,14,18-19H,3-6,9H2,1-2H3,(H2,24,25,26)/t14-,18-,19-,22+/m1/s1. The first-order valence-electron chi connectivity index (χ1n) is 11.2. The number of fused-ring (bicyclic) bond motifs is 2. The molecule has 0 aromatic carbocycles. The Bertz CT molecular complexity index is 1170. The number of anilines is 1. The van der Waals surface area contributed by atoms with E-state index in [0.29, 0.717) is 18.4 Å². The van der Waals surface area contributed by atoms with E-state index >= 15 is 0 Å². The number of hydrogen-bond acceptors (Lipinski definition) is 12. The van der Waals surface area contributed by atoms with Crippen molar-refractivity contribution in [3.63, 3.8) is 0 Å². The lowest BCUT2D eigenvalue weighted by Crippen LogP contribution is -2.46. The van der Waals surface area contributed by atoms with Crippen LogP contribution in [0.2, 0.25) is 0 Å². The van der Waals surface area contributed by atoms with E-state index in [4.69, 9.17) is 29.4 Å². The second kappa shape index (κ2) is 9.75. The number of carbonyl (C=O) groups is 3. The van der Waals surface area contributed by atoms with Crippen molar-refractivity contribution < 1.29 is 38.1 Å². The first-order chi connectivity index (χ1) is 16.7. The molecule has 4 heterocycles. The van der Waals surface area contributed by atoms with Crippen LogP contribution in [0.4, 0.5) is 10.6 Å². The molecule has 4 rings (SSSR count). The van der Waals surface area contributed by atoms with Crippen LogP contribution in [0, 0.1) is 11.3 Å². The van der Waals surface area contributed by atoms with Crippen molar-refractivity contribution >= 4 is 29.4 Å². The van der Waals surface area contributed by atoms with Crippen LogP contribution in [-0.2, 0) is 38.9 Å². The summed E-state index contributed by atoms with van der Waals surface area (Å²) >= 11 is 0. The average Bonchev–Trinajstić information content (AvgIpc) is 3.36. The van der Waals surface area contributed by atoms with Crippen LogP contribution >= 0.6 is 0 Å². The molecule has 2 saturated heterocycles. The van der Waals surface area contributed by atoms with Gasteiger partial charge in [-0.2, -0.15) is 10.4 Å². The summed E-state index contributed by atoms with van der Waals surface area (Å²) in [5, 5.41) is 14.5. The fourth-order valence-electron chi connectivity index (χ4n) is 4.13. The van der Waals surface area contributed by atoms with Crippen molar-refractivity contribution in [3.8, 4) is 6.07 Å². The number of esters is 2. The highest BCUT2D eigenvalue weighted by molar-refractivity contribution is 5.72. The molecule has 0 saturated carbocycles. The van der Waals surface area contributed by atoms with Crippen molar-refractivity contribution in [2.24, 2.45) is 0 Å². The highest BCUT2D eigenvalue weighted by Gasteiger charge is 2.62. The van der Waals surface area contributed by atoms with Crippen LogP contribution in [0.15, 0.2) is 18.5 Å². The lowest BCUT2D eigenvalue weighted by atomic mass is 9.92. The van der Waals surface area contributed by atoms with Gasteiger partial charge in [0.2, 0.25) is 5.60 Å². The molecule has 2 fully saturated rings. The van der Waals surface area contributed by atoms with Crippen LogP contribution in [0.25, 0.3) is 5.52 Å². The monoisotopic (exact) mass is 487 g/mol. The summed E-state index contributed by atoms with van der Waals surface area (Å²) in [6.07, 6.45) is -3.03. The fourth-order valence-corrected chi connectivity index (χ4v) is 4.13. The van der Waals surface area contributed by atoms with Gasteiger partial charge in [-0.3, -0.25) is 9.59 Å². The summed E-state index contributed by atoms with van der Waals surface area (Å²) in [5.41, 5.74) is 4.53. The van der Waals surface area contributed by atoms with Gasteiger partial charge in [-0.1, -0.05) is 0 Å². The molecule has 186 valence electrons. The Labute approximate surface area is 200 Å². The summed E-state index contributed by atoms with van der Waals surface area (Å²) in [6, 6.07) is 5.19. The zero-order valence-electron chi connectivity index (χ0n) is 19.2. The first-order valence-corrected chi connectivity index (χ1v) is 11.2. The third kappa shape index (κ3) is 4.69. The molecular formula is C22H25N5O8. The zero-order valence-corrected chi connectivity index (χ0v) is 19.2. The fraction of sp³-hybridized carbons (Fsp3) is 0.545. The molecule has 0 unspecified atom stereocenters. The van der Waals surface area contributed by atoms with E-state index in [1.54, 1.807) is 19.9 Å². The first kappa shape index (κ1) is 24.2. The van der Waals surface area contributed by atoms with Gasteiger partial charge in [0.1, 0.15) is 30.6 Å². The van der Waals surface area contributed by atoms with Crippen molar-refractivity contribution in [2.75, 3.05) is 12.3 Å². The molecular weight excluding hydrogens is 462 g/mol. The number of nitriles is 1. The summed E-state index contributed by atoms with van der Waals surface area (Å²) in [4.78, 5) is 41.1. The van der Waals surface area contributed by atoms with Gasteiger partial charge in [0, 0.05) is 12.8 Å². The molecule has 13 nitrogen and oxygen atoms in total. The Balaban J connectivity index is 1.77. The highest BCUT2D eigenvalue weighted by atomic mass is 16.7. The number of nitrogens with two attached hydrogens (primary N) is 1. The molecule has 0 spiro atoms. The van der Waals surface area contributed by atoms with Crippen molar-refractivity contribution in [3.05, 3.63) is 24.2 Å². The SMILES string of the molecule is CC(C)OC(=O)OC[C@H]1O[C@@](C#N)(c2ccc3c(N)ncnn23)[C@@H]2OC(=O)CCCCC(=O)O[C@@H]21. The topological polar surface area (TPSA) is 177 Å². The predicted molar refractivity (Wildman–Crippen MR) is 115 cm³/mol. The second-order valence-electron chi connectivity index (χ2n) is 8.46. The van der Waals surface area contributed by atoms with Crippen LogP contribution in [-0.4, -0.2) is 63.7 Å². The number of rotatable bonds is 4. The molecule has 4 atom stereocenters. The third-order valence-corrected chi connectivity index (χ3v) is 5.67. The van der Waals surface area contributed by atoms with Crippen molar-refractivity contribution in [1.82, 2.24) is 14.6 Å². The van der Waals surface area contributed by atoms with Crippen LogP contribution in [0.1, 0.15) is 45.2 Å². The maximum atomic E-state index is 12.6. The molecule has 2 aromatic heterocycles. The van der Waals surface area contributed by atoms with E-state index in [1.165, 1.54) is 16.9 Å².